The van der Waals surface area contributed by atoms with Gasteiger partial charge in [-0.05, 0) is 25.1 Å². The fraction of sp³-hybridized carbons (Fsp3) is 0.294. The van der Waals surface area contributed by atoms with E-state index in [1.54, 1.807) is 32.5 Å². The lowest BCUT2D eigenvalue weighted by atomic mass is 10.2. The Kier molecular flexibility index (Phi) is 6.24. The molecule has 0 atom stereocenters. The SMILES string of the molecule is CCOc1ncccc1CN=C(N)Nc1ccc(OC)c(OC)c1. The zero-order valence-electron chi connectivity index (χ0n) is 14.1. The molecule has 1 heterocycles. The van der Waals surface area contributed by atoms with Gasteiger partial charge in [-0.1, -0.05) is 6.07 Å². The standard InChI is InChI=1S/C17H22N4O3/c1-4-24-16-12(6-5-9-19-16)11-20-17(18)21-13-7-8-14(22-2)15(10-13)23-3/h5-10H,4,11H2,1-3H3,(H3,18,20,21). The Morgan fingerprint density at radius 2 is 2.00 bits per heavy atom. The van der Waals surface area contributed by atoms with Gasteiger partial charge in [-0.3, -0.25) is 0 Å². The van der Waals surface area contributed by atoms with E-state index in [0.717, 1.165) is 11.3 Å². The summed E-state index contributed by atoms with van der Waals surface area (Å²) in [5, 5.41) is 3.02. The molecule has 2 rings (SSSR count). The zero-order valence-corrected chi connectivity index (χ0v) is 14.1. The van der Waals surface area contributed by atoms with Crippen LogP contribution in [-0.2, 0) is 6.54 Å². The fourth-order valence-electron chi connectivity index (χ4n) is 2.08. The summed E-state index contributed by atoms with van der Waals surface area (Å²) in [4.78, 5) is 8.51. The van der Waals surface area contributed by atoms with Crippen LogP contribution in [0.25, 0.3) is 0 Å². The van der Waals surface area contributed by atoms with E-state index in [-0.39, 0.29) is 5.96 Å². The number of pyridine rings is 1. The van der Waals surface area contributed by atoms with E-state index in [0.29, 0.717) is 30.5 Å². The first kappa shape index (κ1) is 17.4. The molecule has 0 aliphatic heterocycles. The summed E-state index contributed by atoms with van der Waals surface area (Å²) in [5.74, 6) is 2.12. The third kappa shape index (κ3) is 4.52. The summed E-state index contributed by atoms with van der Waals surface area (Å²) >= 11 is 0. The van der Waals surface area contributed by atoms with Gasteiger partial charge in [0.05, 0.1) is 27.4 Å². The number of guanidine groups is 1. The van der Waals surface area contributed by atoms with Crippen molar-refractivity contribution < 1.29 is 14.2 Å². The van der Waals surface area contributed by atoms with Crippen LogP contribution < -0.4 is 25.3 Å². The van der Waals surface area contributed by atoms with Crippen LogP contribution >= 0.6 is 0 Å². The lowest BCUT2D eigenvalue weighted by molar-refractivity contribution is 0.323. The monoisotopic (exact) mass is 330 g/mol. The van der Waals surface area contributed by atoms with E-state index in [2.05, 4.69) is 15.3 Å². The van der Waals surface area contributed by atoms with Crippen LogP contribution in [-0.4, -0.2) is 31.8 Å². The third-order valence-electron chi connectivity index (χ3n) is 3.21. The first-order chi connectivity index (χ1) is 11.7. The molecule has 7 nitrogen and oxygen atoms in total. The first-order valence-electron chi connectivity index (χ1n) is 7.53. The number of nitrogens with zero attached hydrogens (tertiary/aromatic N) is 2. The molecule has 0 unspecified atom stereocenters. The molecule has 0 spiro atoms. The molecule has 0 aliphatic rings. The summed E-state index contributed by atoms with van der Waals surface area (Å²) in [6, 6.07) is 9.16. The molecule has 1 aromatic carbocycles. The van der Waals surface area contributed by atoms with Crippen LogP contribution in [0.1, 0.15) is 12.5 Å². The van der Waals surface area contributed by atoms with Crippen LogP contribution in [0.4, 0.5) is 5.69 Å². The topological polar surface area (TPSA) is 91.0 Å². The van der Waals surface area contributed by atoms with Gasteiger partial charge in [0.2, 0.25) is 5.88 Å². The second kappa shape index (κ2) is 8.61. The Labute approximate surface area is 141 Å². The summed E-state index contributed by atoms with van der Waals surface area (Å²) in [5.41, 5.74) is 7.57. The zero-order chi connectivity index (χ0) is 17.4. The van der Waals surface area contributed by atoms with E-state index < -0.39 is 0 Å². The van der Waals surface area contributed by atoms with Crippen molar-refractivity contribution in [1.29, 1.82) is 0 Å². The molecule has 0 saturated carbocycles. The number of nitrogens with two attached hydrogens (primary N) is 1. The highest BCUT2D eigenvalue weighted by Crippen LogP contribution is 2.29. The Hall–Kier alpha value is -2.96. The highest BCUT2D eigenvalue weighted by atomic mass is 16.5. The lowest BCUT2D eigenvalue weighted by Gasteiger charge is -2.11. The van der Waals surface area contributed by atoms with Gasteiger partial charge in [0.25, 0.3) is 0 Å². The van der Waals surface area contributed by atoms with Gasteiger partial charge >= 0.3 is 0 Å². The molecule has 7 heteroatoms. The smallest absolute Gasteiger partial charge is 0.218 e. The molecule has 3 N–H and O–H groups in total. The molecule has 0 saturated heterocycles. The molecular weight excluding hydrogens is 308 g/mol. The minimum absolute atomic E-state index is 0.286. The Morgan fingerprint density at radius 3 is 2.71 bits per heavy atom. The highest BCUT2D eigenvalue weighted by molar-refractivity contribution is 5.92. The van der Waals surface area contributed by atoms with E-state index in [4.69, 9.17) is 19.9 Å². The largest absolute Gasteiger partial charge is 0.493 e. The fourth-order valence-corrected chi connectivity index (χ4v) is 2.08. The first-order valence-corrected chi connectivity index (χ1v) is 7.53. The number of aliphatic imine (C=N–C) groups is 1. The number of ether oxygens (including phenoxy) is 3. The number of hydrogen-bond acceptors (Lipinski definition) is 5. The van der Waals surface area contributed by atoms with Gasteiger partial charge in [0.15, 0.2) is 17.5 Å². The van der Waals surface area contributed by atoms with Crippen LogP contribution in [0.2, 0.25) is 0 Å². The molecule has 2 aromatic rings. The lowest BCUT2D eigenvalue weighted by Crippen LogP contribution is -2.22. The summed E-state index contributed by atoms with van der Waals surface area (Å²) < 4.78 is 15.9. The normalized spacial score (nSPS) is 11.0. The number of anilines is 1. The average Bonchev–Trinajstić information content (AvgIpc) is 2.61. The summed E-state index contributed by atoms with van der Waals surface area (Å²) in [6.45, 7) is 2.83. The predicted molar refractivity (Wildman–Crippen MR) is 93.9 cm³/mol. The van der Waals surface area contributed by atoms with Crippen molar-refractivity contribution in [2.75, 3.05) is 26.1 Å². The Bertz CT molecular complexity index is 704. The van der Waals surface area contributed by atoms with Crippen molar-refractivity contribution in [2.24, 2.45) is 10.7 Å². The molecule has 0 radical (unpaired) electrons. The molecule has 128 valence electrons. The minimum Gasteiger partial charge on any atom is -0.493 e. The number of benzene rings is 1. The maximum Gasteiger partial charge on any atom is 0.218 e. The maximum absolute atomic E-state index is 5.95. The Balaban J connectivity index is 2.07. The van der Waals surface area contributed by atoms with Gasteiger partial charge in [0.1, 0.15) is 0 Å². The molecule has 0 aliphatic carbocycles. The Morgan fingerprint density at radius 1 is 1.21 bits per heavy atom. The van der Waals surface area contributed by atoms with Crippen molar-refractivity contribution in [2.45, 2.75) is 13.5 Å². The summed E-state index contributed by atoms with van der Waals surface area (Å²) in [6.07, 6.45) is 1.68. The van der Waals surface area contributed by atoms with Crippen LogP contribution in [0.3, 0.4) is 0 Å². The van der Waals surface area contributed by atoms with Crippen molar-refractivity contribution in [3.05, 3.63) is 42.1 Å². The van der Waals surface area contributed by atoms with Gasteiger partial charge < -0.3 is 25.3 Å². The van der Waals surface area contributed by atoms with E-state index in [9.17, 15) is 0 Å². The van der Waals surface area contributed by atoms with Crippen LogP contribution in [0.5, 0.6) is 17.4 Å². The second-order valence-electron chi connectivity index (χ2n) is 4.80. The van der Waals surface area contributed by atoms with Gasteiger partial charge in [-0.25, -0.2) is 9.98 Å². The highest BCUT2D eigenvalue weighted by Gasteiger charge is 2.06. The van der Waals surface area contributed by atoms with Crippen molar-refractivity contribution in [3.8, 4) is 17.4 Å². The number of rotatable bonds is 7. The predicted octanol–water partition coefficient (Wildman–Crippen LogP) is 2.42. The van der Waals surface area contributed by atoms with Gasteiger partial charge in [-0.2, -0.15) is 0 Å². The van der Waals surface area contributed by atoms with Gasteiger partial charge in [0, 0.05) is 23.5 Å². The number of nitrogens with one attached hydrogen (secondary N) is 1. The number of aromatic nitrogens is 1. The average molecular weight is 330 g/mol. The maximum atomic E-state index is 5.95. The van der Waals surface area contributed by atoms with Crippen LogP contribution in [0.15, 0.2) is 41.5 Å². The molecule has 0 amide bonds. The van der Waals surface area contributed by atoms with Gasteiger partial charge in [-0.15, -0.1) is 0 Å². The molecule has 1 aromatic heterocycles. The molecule has 0 fully saturated rings. The van der Waals surface area contributed by atoms with Crippen molar-refractivity contribution in [3.63, 3.8) is 0 Å². The third-order valence-corrected chi connectivity index (χ3v) is 3.21. The van der Waals surface area contributed by atoms with Crippen molar-refractivity contribution >= 4 is 11.6 Å². The summed E-state index contributed by atoms with van der Waals surface area (Å²) in [7, 11) is 3.17. The second-order valence-corrected chi connectivity index (χ2v) is 4.80. The molecule has 24 heavy (non-hydrogen) atoms. The minimum atomic E-state index is 0.286. The number of hydrogen-bond donors (Lipinski definition) is 2. The quantitative estimate of drug-likeness (QED) is 0.598. The molecule has 0 bridgehead atoms. The van der Waals surface area contributed by atoms with E-state index in [1.807, 2.05) is 25.1 Å². The van der Waals surface area contributed by atoms with Crippen LogP contribution in [0, 0.1) is 0 Å². The number of methoxy groups -OCH3 is 2. The van der Waals surface area contributed by atoms with Crippen molar-refractivity contribution in [1.82, 2.24) is 4.98 Å². The molecular formula is C17H22N4O3. The van der Waals surface area contributed by atoms with E-state index >= 15 is 0 Å². The van der Waals surface area contributed by atoms with E-state index in [1.165, 1.54) is 0 Å².